The van der Waals surface area contributed by atoms with Crippen molar-refractivity contribution in [1.29, 1.82) is 0 Å². The van der Waals surface area contributed by atoms with Crippen LogP contribution in [0.2, 0.25) is 0 Å². The van der Waals surface area contributed by atoms with Crippen molar-refractivity contribution in [3.8, 4) is 0 Å². The van der Waals surface area contributed by atoms with Gasteiger partial charge in [-0.2, -0.15) is 0 Å². The van der Waals surface area contributed by atoms with Gasteiger partial charge in [-0.05, 0) is 12.0 Å². The molecule has 0 aliphatic rings. The van der Waals surface area contributed by atoms with Crippen LogP contribution in [0.3, 0.4) is 0 Å². The molecule has 0 aliphatic carbocycles. The van der Waals surface area contributed by atoms with Gasteiger partial charge in [-0.3, -0.25) is 0 Å². The van der Waals surface area contributed by atoms with Crippen LogP contribution in [0.4, 0.5) is 0 Å². The maximum absolute atomic E-state index is 5.85. The highest BCUT2D eigenvalue weighted by atomic mass is 16.5. The van der Waals surface area contributed by atoms with Crippen molar-refractivity contribution in [2.45, 2.75) is 110 Å². The fourth-order valence-electron chi connectivity index (χ4n) is 3.59. The smallest absolute Gasteiger partial charge is 0.0934 e. The summed E-state index contributed by atoms with van der Waals surface area (Å²) in [5.41, 5.74) is 6.98. The topological polar surface area (TPSA) is 44.5 Å². The summed E-state index contributed by atoms with van der Waals surface area (Å²) in [4.78, 5) is 0. The lowest BCUT2D eigenvalue weighted by Gasteiger charge is -2.16. The van der Waals surface area contributed by atoms with Crippen LogP contribution in [0.15, 0.2) is 30.3 Å². The van der Waals surface area contributed by atoms with E-state index in [1.807, 2.05) is 18.2 Å². The molecule has 3 heteroatoms. The quantitative estimate of drug-likeness (QED) is 0.223. The van der Waals surface area contributed by atoms with Gasteiger partial charge >= 0.3 is 0 Å². The maximum atomic E-state index is 5.85. The second kappa shape index (κ2) is 20.4. The molecule has 0 saturated carbocycles. The van der Waals surface area contributed by atoms with Gasteiger partial charge in [-0.1, -0.05) is 121 Å². The van der Waals surface area contributed by atoms with Crippen molar-refractivity contribution < 1.29 is 9.47 Å². The van der Waals surface area contributed by atoms with Crippen molar-refractivity contribution in [3.63, 3.8) is 0 Å². The van der Waals surface area contributed by atoms with E-state index >= 15 is 0 Å². The Kier molecular flexibility index (Phi) is 18.4. The van der Waals surface area contributed by atoms with E-state index in [0.717, 1.165) is 13.0 Å². The van der Waals surface area contributed by atoms with E-state index in [2.05, 4.69) is 19.1 Å². The number of benzene rings is 1. The Hall–Kier alpha value is -0.900. The molecule has 1 rings (SSSR count). The Balaban J connectivity index is 1.81. The van der Waals surface area contributed by atoms with Crippen molar-refractivity contribution in [1.82, 2.24) is 0 Å². The van der Waals surface area contributed by atoms with Crippen LogP contribution >= 0.6 is 0 Å². The molecule has 1 aromatic rings. The molecule has 0 saturated heterocycles. The minimum Gasteiger partial charge on any atom is -0.379 e. The predicted molar refractivity (Wildman–Crippen MR) is 125 cm³/mol. The first-order chi connectivity index (χ1) is 14.4. The largest absolute Gasteiger partial charge is 0.379 e. The minimum absolute atomic E-state index is 0.0122. The van der Waals surface area contributed by atoms with Gasteiger partial charge in [-0.25, -0.2) is 0 Å². The second-order valence-electron chi connectivity index (χ2n) is 8.33. The molecule has 168 valence electrons. The van der Waals surface area contributed by atoms with Gasteiger partial charge in [0, 0.05) is 13.2 Å². The lowest BCUT2D eigenvalue weighted by atomic mass is 10.0. The average molecular weight is 406 g/mol. The number of nitrogens with two attached hydrogens (primary N) is 1. The normalized spacial score (nSPS) is 12.3. The molecule has 0 spiro atoms. The molecule has 0 aliphatic heterocycles. The first-order valence-electron chi connectivity index (χ1n) is 12.3. The van der Waals surface area contributed by atoms with Gasteiger partial charge in [0.05, 0.1) is 19.3 Å². The first-order valence-corrected chi connectivity index (χ1v) is 12.3. The molecule has 2 N–H and O–H groups in total. The predicted octanol–water partition coefficient (Wildman–Crippen LogP) is 7.03. The van der Waals surface area contributed by atoms with E-state index in [1.165, 1.54) is 89.0 Å². The van der Waals surface area contributed by atoms with Crippen LogP contribution < -0.4 is 5.73 Å². The third-order valence-electron chi connectivity index (χ3n) is 5.54. The standard InChI is InChI=1S/C26H47NO2/c1-2-3-4-5-6-7-8-9-10-11-12-13-14-18-21-28-24-26(22-27)29-23-25-19-16-15-17-20-25/h15-17,19-20,26H,2-14,18,21-24,27H2,1H3. The van der Waals surface area contributed by atoms with Crippen LogP contribution in [0.1, 0.15) is 102 Å². The summed E-state index contributed by atoms with van der Waals surface area (Å²) >= 11 is 0. The molecule has 1 atom stereocenters. The summed E-state index contributed by atoms with van der Waals surface area (Å²) in [5, 5.41) is 0. The van der Waals surface area contributed by atoms with Crippen LogP contribution in [-0.2, 0) is 16.1 Å². The van der Waals surface area contributed by atoms with E-state index in [1.54, 1.807) is 0 Å². The highest BCUT2D eigenvalue weighted by Gasteiger charge is 2.07. The zero-order valence-electron chi connectivity index (χ0n) is 19.1. The Morgan fingerprint density at radius 3 is 1.76 bits per heavy atom. The Morgan fingerprint density at radius 2 is 1.24 bits per heavy atom. The second-order valence-corrected chi connectivity index (χ2v) is 8.33. The monoisotopic (exact) mass is 405 g/mol. The summed E-state index contributed by atoms with van der Waals surface area (Å²) in [7, 11) is 0. The Bertz CT molecular complexity index is 438. The molecular weight excluding hydrogens is 358 g/mol. The summed E-state index contributed by atoms with van der Waals surface area (Å²) in [6.07, 6.45) is 19.4. The van der Waals surface area contributed by atoms with E-state index in [0.29, 0.717) is 19.8 Å². The molecule has 1 aromatic carbocycles. The highest BCUT2D eigenvalue weighted by Crippen LogP contribution is 2.13. The van der Waals surface area contributed by atoms with E-state index in [4.69, 9.17) is 15.2 Å². The van der Waals surface area contributed by atoms with E-state index < -0.39 is 0 Å². The molecular formula is C26H47NO2. The van der Waals surface area contributed by atoms with Crippen LogP contribution in [0, 0.1) is 0 Å². The maximum Gasteiger partial charge on any atom is 0.0934 e. The van der Waals surface area contributed by atoms with Gasteiger partial charge in [0.25, 0.3) is 0 Å². The number of hydrogen-bond donors (Lipinski definition) is 1. The minimum atomic E-state index is -0.0122. The van der Waals surface area contributed by atoms with E-state index in [9.17, 15) is 0 Å². The Morgan fingerprint density at radius 1 is 0.724 bits per heavy atom. The summed E-state index contributed by atoms with van der Waals surface area (Å²) in [6.45, 7) is 4.81. The third kappa shape index (κ3) is 16.6. The van der Waals surface area contributed by atoms with E-state index in [-0.39, 0.29) is 6.10 Å². The van der Waals surface area contributed by atoms with Crippen molar-refractivity contribution in [2.75, 3.05) is 19.8 Å². The lowest BCUT2D eigenvalue weighted by Crippen LogP contribution is -2.29. The lowest BCUT2D eigenvalue weighted by molar-refractivity contribution is -0.0203. The van der Waals surface area contributed by atoms with Crippen molar-refractivity contribution >= 4 is 0 Å². The zero-order valence-corrected chi connectivity index (χ0v) is 19.1. The first kappa shape index (κ1) is 26.1. The molecule has 0 fully saturated rings. The third-order valence-corrected chi connectivity index (χ3v) is 5.54. The molecule has 0 bridgehead atoms. The SMILES string of the molecule is CCCCCCCCCCCCCCCCOCC(CN)OCc1ccccc1. The Labute approximate surface area is 180 Å². The van der Waals surface area contributed by atoms with Gasteiger partial charge in [0.15, 0.2) is 0 Å². The average Bonchev–Trinajstić information content (AvgIpc) is 2.76. The molecule has 1 unspecified atom stereocenters. The summed E-state index contributed by atoms with van der Waals surface area (Å²) < 4.78 is 11.6. The molecule has 0 heterocycles. The molecule has 3 nitrogen and oxygen atoms in total. The van der Waals surface area contributed by atoms with Crippen LogP contribution in [-0.4, -0.2) is 25.9 Å². The van der Waals surface area contributed by atoms with Gasteiger partial charge in [0.2, 0.25) is 0 Å². The fourth-order valence-corrected chi connectivity index (χ4v) is 3.59. The molecule has 0 amide bonds. The fraction of sp³-hybridized carbons (Fsp3) is 0.769. The van der Waals surface area contributed by atoms with Gasteiger partial charge in [-0.15, -0.1) is 0 Å². The van der Waals surface area contributed by atoms with Crippen molar-refractivity contribution in [3.05, 3.63) is 35.9 Å². The molecule has 29 heavy (non-hydrogen) atoms. The molecule has 0 radical (unpaired) electrons. The zero-order chi connectivity index (χ0) is 20.8. The number of unbranched alkanes of at least 4 members (excludes halogenated alkanes) is 13. The van der Waals surface area contributed by atoms with Crippen molar-refractivity contribution in [2.24, 2.45) is 5.73 Å². The summed E-state index contributed by atoms with van der Waals surface area (Å²) in [5.74, 6) is 0. The number of ether oxygens (including phenoxy) is 2. The number of rotatable bonds is 21. The van der Waals surface area contributed by atoms with Crippen LogP contribution in [0.25, 0.3) is 0 Å². The van der Waals surface area contributed by atoms with Gasteiger partial charge in [0.1, 0.15) is 0 Å². The van der Waals surface area contributed by atoms with Gasteiger partial charge < -0.3 is 15.2 Å². The summed E-state index contributed by atoms with van der Waals surface area (Å²) in [6, 6.07) is 10.2. The number of hydrogen-bond acceptors (Lipinski definition) is 3. The highest BCUT2D eigenvalue weighted by molar-refractivity contribution is 5.13. The van der Waals surface area contributed by atoms with Crippen LogP contribution in [0.5, 0.6) is 0 Å². The molecule has 0 aromatic heterocycles.